The van der Waals surface area contributed by atoms with Crippen LogP contribution in [0.5, 0.6) is 0 Å². The van der Waals surface area contributed by atoms with Crippen LogP contribution in [0.4, 0.5) is 0 Å². The Balaban J connectivity index is 2.32. The molecule has 1 N–H and O–H groups in total. The SMILES string of the molecule is CCCCCCCC(O)C1=C/C(=C/Br)OC1=O. The van der Waals surface area contributed by atoms with Gasteiger partial charge < -0.3 is 9.84 Å². The first-order valence-electron chi connectivity index (χ1n) is 6.11. The Labute approximate surface area is 111 Å². The number of hydrogen-bond acceptors (Lipinski definition) is 3. The zero-order valence-corrected chi connectivity index (χ0v) is 11.7. The average molecular weight is 303 g/mol. The standard InChI is InChI=1S/C13H19BrO3/c1-2-3-4-5-6-7-12(15)11-8-10(9-14)17-13(11)16/h8-9,12,15H,2-7H2,1H3/b10-9-. The summed E-state index contributed by atoms with van der Waals surface area (Å²) >= 11 is 3.10. The summed E-state index contributed by atoms with van der Waals surface area (Å²) < 4.78 is 4.91. The van der Waals surface area contributed by atoms with E-state index in [4.69, 9.17) is 4.74 Å². The molecule has 3 nitrogen and oxygen atoms in total. The van der Waals surface area contributed by atoms with Gasteiger partial charge in [0.05, 0.1) is 11.7 Å². The zero-order chi connectivity index (χ0) is 12.7. The first-order chi connectivity index (χ1) is 8.19. The van der Waals surface area contributed by atoms with E-state index in [0.717, 1.165) is 12.8 Å². The number of unbranched alkanes of at least 4 members (excludes halogenated alkanes) is 4. The minimum atomic E-state index is -0.700. The predicted octanol–water partition coefficient (Wildman–Crippen LogP) is 3.43. The number of ether oxygens (including phenoxy) is 1. The molecule has 4 heteroatoms. The molecule has 1 heterocycles. The first kappa shape index (κ1) is 14.5. The summed E-state index contributed by atoms with van der Waals surface area (Å²) in [4.78, 5) is 12.9. The van der Waals surface area contributed by atoms with Crippen LogP contribution in [-0.4, -0.2) is 17.2 Å². The maximum atomic E-state index is 11.4. The van der Waals surface area contributed by atoms with Gasteiger partial charge in [-0.1, -0.05) is 55.0 Å². The van der Waals surface area contributed by atoms with Gasteiger partial charge in [-0.25, -0.2) is 4.79 Å². The third kappa shape index (κ3) is 4.64. The molecule has 0 aromatic carbocycles. The third-order valence-corrected chi connectivity index (χ3v) is 3.24. The van der Waals surface area contributed by atoms with E-state index in [0.29, 0.717) is 17.8 Å². The highest BCUT2D eigenvalue weighted by Crippen LogP contribution is 2.23. The number of rotatable bonds is 7. The Hall–Kier alpha value is -0.610. The van der Waals surface area contributed by atoms with Gasteiger partial charge >= 0.3 is 5.97 Å². The molecule has 0 aliphatic carbocycles. The van der Waals surface area contributed by atoms with Crippen molar-refractivity contribution in [3.63, 3.8) is 0 Å². The normalized spacial score (nSPS) is 19.4. The Kier molecular flexibility index (Phi) is 6.52. The number of carbonyl (C=O) groups is 1. The number of aliphatic hydroxyl groups excluding tert-OH is 1. The number of esters is 1. The average Bonchev–Trinajstić information content (AvgIpc) is 2.70. The second-order valence-electron chi connectivity index (χ2n) is 4.22. The van der Waals surface area contributed by atoms with Crippen molar-refractivity contribution in [1.82, 2.24) is 0 Å². The lowest BCUT2D eigenvalue weighted by molar-refractivity contribution is -0.134. The summed E-state index contributed by atoms with van der Waals surface area (Å²) in [5, 5.41) is 9.88. The van der Waals surface area contributed by atoms with Crippen molar-refractivity contribution in [1.29, 1.82) is 0 Å². The van der Waals surface area contributed by atoms with E-state index in [1.165, 1.54) is 24.2 Å². The van der Waals surface area contributed by atoms with E-state index in [1.54, 1.807) is 6.08 Å². The molecular formula is C13H19BrO3. The molecule has 1 aliphatic heterocycles. The van der Waals surface area contributed by atoms with Gasteiger partial charge in [0.25, 0.3) is 0 Å². The fourth-order valence-corrected chi connectivity index (χ4v) is 2.02. The lowest BCUT2D eigenvalue weighted by atomic mass is 10.0. The van der Waals surface area contributed by atoms with Crippen molar-refractivity contribution in [2.75, 3.05) is 0 Å². The number of allylic oxidation sites excluding steroid dienone is 1. The van der Waals surface area contributed by atoms with E-state index in [2.05, 4.69) is 22.9 Å². The molecule has 0 amide bonds. The van der Waals surface area contributed by atoms with E-state index >= 15 is 0 Å². The molecule has 96 valence electrons. The highest BCUT2D eigenvalue weighted by Gasteiger charge is 2.26. The van der Waals surface area contributed by atoms with Gasteiger partial charge in [0.2, 0.25) is 0 Å². The Morgan fingerprint density at radius 3 is 2.71 bits per heavy atom. The third-order valence-electron chi connectivity index (χ3n) is 2.79. The van der Waals surface area contributed by atoms with Gasteiger partial charge in [-0.3, -0.25) is 0 Å². The second-order valence-corrected chi connectivity index (χ2v) is 4.68. The maximum Gasteiger partial charge on any atom is 0.342 e. The van der Waals surface area contributed by atoms with Crippen LogP contribution < -0.4 is 0 Å². The van der Waals surface area contributed by atoms with Crippen molar-refractivity contribution in [2.45, 2.75) is 51.6 Å². The maximum absolute atomic E-state index is 11.4. The molecule has 0 aromatic rings. The number of carbonyl (C=O) groups excluding carboxylic acids is 1. The summed E-state index contributed by atoms with van der Waals surface area (Å²) in [6.45, 7) is 2.17. The van der Waals surface area contributed by atoms with Crippen LogP contribution in [0, 0.1) is 0 Å². The van der Waals surface area contributed by atoms with Crippen molar-refractivity contribution in [3.05, 3.63) is 22.4 Å². The molecule has 0 saturated carbocycles. The fourth-order valence-electron chi connectivity index (χ4n) is 1.79. The molecule has 0 spiro atoms. The van der Waals surface area contributed by atoms with E-state index in [-0.39, 0.29) is 0 Å². The highest BCUT2D eigenvalue weighted by atomic mass is 79.9. The summed E-state index contributed by atoms with van der Waals surface area (Å²) in [6, 6.07) is 0. The topological polar surface area (TPSA) is 46.5 Å². The van der Waals surface area contributed by atoms with Gasteiger partial charge in [0.1, 0.15) is 5.76 Å². The molecule has 1 unspecified atom stereocenters. The number of cyclic esters (lactones) is 1. The van der Waals surface area contributed by atoms with Gasteiger partial charge in [0, 0.05) is 4.99 Å². The quantitative estimate of drug-likeness (QED) is 0.579. The van der Waals surface area contributed by atoms with Crippen LogP contribution >= 0.6 is 15.9 Å². The minimum absolute atomic E-state index is 0.367. The van der Waals surface area contributed by atoms with E-state index in [1.807, 2.05) is 0 Å². The molecule has 0 saturated heterocycles. The Morgan fingerprint density at radius 2 is 2.12 bits per heavy atom. The molecule has 1 atom stereocenters. The minimum Gasteiger partial charge on any atom is -0.423 e. The lowest BCUT2D eigenvalue weighted by Gasteiger charge is -2.08. The van der Waals surface area contributed by atoms with Crippen LogP contribution in [0.25, 0.3) is 0 Å². The van der Waals surface area contributed by atoms with E-state index in [9.17, 15) is 9.90 Å². The van der Waals surface area contributed by atoms with Gasteiger partial charge in [0.15, 0.2) is 0 Å². The monoisotopic (exact) mass is 302 g/mol. The molecular weight excluding hydrogens is 284 g/mol. The highest BCUT2D eigenvalue weighted by molar-refractivity contribution is 9.11. The largest absolute Gasteiger partial charge is 0.423 e. The van der Waals surface area contributed by atoms with Crippen LogP contribution in [0.15, 0.2) is 22.4 Å². The molecule has 0 aromatic heterocycles. The van der Waals surface area contributed by atoms with Crippen LogP contribution in [-0.2, 0) is 9.53 Å². The summed E-state index contributed by atoms with van der Waals surface area (Å²) in [6.07, 6.45) is 7.20. The molecule has 17 heavy (non-hydrogen) atoms. The molecule has 1 aliphatic rings. The number of hydrogen-bond donors (Lipinski definition) is 1. The smallest absolute Gasteiger partial charge is 0.342 e. The lowest BCUT2D eigenvalue weighted by Crippen LogP contribution is -2.15. The van der Waals surface area contributed by atoms with Crippen LogP contribution in [0.2, 0.25) is 0 Å². The fraction of sp³-hybridized carbons (Fsp3) is 0.615. The second kappa shape index (κ2) is 7.67. The van der Waals surface area contributed by atoms with Crippen molar-refractivity contribution >= 4 is 21.9 Å². The van der Waals surface area contributed by atoms with Gasteiger partial charge in [-0.2, -0.15) is 0 Å². The Bertz CT molecular complexity index is 321. The van der Waals surface area contributed by atoms with Gasteiger partial charge in [-0.05, 0) is 12.5 Å². The van der Waals surface area contributed by atoms with Crippen LogP contribution in [0.3, 0.4) is 0 Å². The summed E-state index contributed by atoms with van der Waals surface area (Å²) in [7, 11) is 0. The summed E-state index contributed by atoms with van der Waals surface area (Å²) in [5.74, 6) is 0.0202. The zero-order valence-electron chi connectivity index (χ0n) is 10.1. The van der Waals surface area contributed by atoms with Crippen molar-refractivity contribution in [3.8, 4) is 0 Å². The molecule has 0 bridgehead atoms. The number of aliphatic hydroxyl groups is 1. The van der Waals surface area contributed by atoms with Crippen LogP contribution in [0.1, 0.15) is 45.4 Å². The molecule has 0 radical (unpaired) electrons. The van der Waals surface area contributed by atoms with Gasteiger partial charge in [-0.15, -0.1) is 0 Å². The first-order valence-corrected chi connectivity index (χ1v) is 7.02. The number of halogens is 1. The Morgan fingerprint density at radius 1 is 1.41 bits per heavy atom. The van der Waals surface area contributed by atoms with Crippen molar-refractivity contribution in [2.24, 2.45) is 0 Å². The molecule has 1 rings (SSSR count). The summed E-state index contributed by atoms with van der Waals surface area (Å²) in [5.41, 5.74) is 0.367. The van der Waals surface area contributed by atoms with E-state index < -0.39 is 12.1 Å². The predicted molar refractivity (Wildman–Crippen MR) is 70.6 cm³/mol. The van der Waals surface area contributed by atoms with Crippen molar-refractivity contribution < 1.29 is 14.6 Å². The molecule has 0 fully saturated rings.